The van der Waals surface area contributed by atoms with E-state index in [4.69, 9.17) is 17.3 Å². The van der Waals surface area contributed by atoms with Gasteiger partial charge in [0, 0.05) is 34.7 Å². The number of benzene rings is 1. The fourth-order valence-electron chi connectivity index (χ4n) is 2.82. The lowest BCUT2D eigenvalue weighted by atomic mass is 9.91. The van der Waals surface area contributed by atoms with Crippen LogP contribution in [0.4, 0.5) is 0 Å². The van der Waals surface area contributed by atoms with Crippen LogP contribution in [-0.2, 0) is 0 Å². The van der Waals surface area contributed by atoms with E-state index < -0.39 is 0 Å². The summed E-state index contributed by atoms with van der Waals surface area (Å²) in [7, 11) is 0. The van der Waals surface area contributed by atoms with Gasteiger partial charge in [-0.05, 0) is 25.0 Å². The molecule has 2 aromatic rings. The Hall–Kier alpha value is -1.52. The molecule has 5 heteroatoms. The molecule has 0 bridgehead atoms. The fraction of sp³-hybridized carbons (Fsp3) is 0.400. The van der Waals surface area contributed by atoms with Gasteiger partial charge in [-0.25, -0.2) is 0 Å². The largest absolute Gasteiger partial charge is 0.360 e. The molecule has 1 saturated carbocycles. The fourth-order valence-corrected chi connectivity index (χ4v) is 3.04. The zero-order valence-corrected chi connectivity index (χ0v) is 11.9. The third-order valence-electron chi connectivity index (χ3n) is 4.03. The molecule has 1 fully saturated rings. The highest BCUT2D eigenvalue weighted by atomic mass is 35.5. The first-order valence-electron chi connectivity index (χ1n) is 6.98. The molecular weight excluding hydrogens is 274 g/mol. The van der Waals surface area contributed by atoms with E-state index in [0.717, 1.165) is 36.6 Å². The van der Waals surface area contributed by atoms with Gasteiger partial charge in [0.1, 0.15) is 0 Å². The summed E-state index contributed by atoms with van der Waals surface area (Å²) in [5.74, 6) is -0.0695. The summed E-state index contributed by atoms with van der Waals surface area (Å²) in [5.41, 5.74) is 7.56. The SMILES string of the molecule is N[C@H]1CCCC[C@H]1NC(=O)c1ccc2c(Cl)c[nH]c2c1. The topological polar surface area (TPSA) is 70.9 Å². The number of nitrogens with two attached hydrogens (primary N) is 1. The monoisotopic (exact) mass is 291 g/mol. The van der Waals surface area contributed by atoms with E-state index in [1.807, 2.05) is 12.1 Å². The summed E-state index contributed by atoms with van der Waals surface area (Å²) in [6.45, 7) is 0. The van der Waals surface area contributed by atoms with Crippen LogP contribution in [0.2, 0.25) is 5.02 Å². The summed E-state index contributed by atoms with van der Waals surface area (Å²) in [6.07, 6.45) is 5.95. The molecule has 20 heavy (non-hydrogen) atoms. The van der Waals surface area contributed by atoms with Crippen molar-refractivity contribution < 1.29 is 4.79 Å². The lowest BCUT2D eigenvalue weighted by Gasteiger charge is -2.29. The number of halogens is 1. The van der Waals surface area contributed by atoms with Crippen LogP contribution in [0, 0.1) is 0 Å². The number of carbonyl (C=O) groups excluding carboxylic acids is 1. The number of rotatable bonds is 2. The number of hydrogen-bond acceptors (Lipinski definition) is 2. The number of nitrogens with one attached hydrogen (secondary N) is 2. The first-order valence-corrected chi connectivity index (χ1v) is 7.36. The maximum atomic E-state index is 12.3. The Kier molecular flexibility index (Phi) is 3.68. The van der Waals surface area contributed by atoms with Crippen molar-refractivity contribution in [1.82, 2.24) is 10.3 Å². The van der Waals surface area contributed by atoms with Gasteiger partial charge in [0.25, 0.3) is 5.91 Å². The molecule has 0 aliphatic heterocycles. The highest BCUT2D eigenvalue weighted by Gasteiger charge is 2.23. The molecule has 1 aliphatic rings. The Labute approximate surface area is 122 Å². The van der Waals surface area contributed by atoms with Crippen molar-refractivity contribution in [3.63, 3.8) is 0 Å². The molecule has 106 valence electrons. The normalized spacial score (nSPS) is 22.9. The highest BCUT2D eigenvalue weighted by Crippen LogP contribution is 2.24. The molecule has 1 amide bonds. The standard InChI is InChI=1S/C15H18ClN3O/c16-11-8-18-14-7-9(5-6-10(11)14)15(20)19-13-4-2-1-3-12(13)17/h5-8,12-13,18H,1-4,17H2,(H,19,20)/t12-,13+/m0/s1. The van der Waals surface area contributed by atoms with Gasteiger partial charge in [-0.1, -0.05) is 30.5 Å². The molecule has 0 saturated heterocycles. The molecule has 0 spiro atoms. The number of H-pyrrole nitrogens is 1. The Balaban J connectivity index is 1.78. The van der Waals surface area contributed by atoms with Gasteiger partial charge in [-0.15, -0.1) is 0 Å². The van der Waals surface area contributed by atoms with E-state index in [0.29, 0.717) is 10.6 Å². The smallest absolute Gasteiger partial charge is 0.251 e. The maximum Gasteiger partial charge on any atom is 0.251 e. The van der Waals surface area contributed by atoms with Crippen LogP contribution in [0.25, 0.3) is 10.9 Å². The highest BCUT2D eigenvalue weighted by molar-refractivity contribution is 6.35. The van der Waals surface area contributed by atoms with E-state index in [1.54, 1.807) is 12.3 Å². The lowest BCUT2D eigenvalue weighted by Crippen LogP contribution is -2.49. The second-order valence-corrected chi connectivity index (χ2v) is 5.83. The third kappa shape index (κ3) is 2.53. The van der Waals surface area contributed by atoms with Crippen LogP contribution in [0.5, 0.6) is 0 Å². The van der Waals surface area contributed by atoms with Gasteiger partial charge in [0.05, 0.1) is 5.02 Å². The molecule has 4 N–H and O–H groups in total. The minimum atomic E-state index is -0.0695. The lowest BCUT2D eigenvalue weighted by molar-refractivity contribution is 0.0921. The summed E-state index contributed by atoms with van der Waals surface area (Å²) >= 11 is 6.03. The first kappa shape index (κ1) is 13.5. The van der Waals surface area contributed by atoms with Gasteiger partial charge in [-0.3, -0.25) is 4.79 Å². The summed E-state index contributed by atoms with van der Waals surface area (Å²) in [4.78, 5) is 15.4. The molecule has 0 radical (unpaired) electrons. The van der Waals surface area contributed by atoms with Crippen LogP contribution in [-0.4, -0.2) is 23.0 Å². The molecule has 1 aromatic carbocycles. The number of amides is 1. The van der Waals surface area contributed by atoms with E-state index in [2.05, 4.69) is 10.3 Å². The molecule has 1 aliphatic carbocycles. The van der Waals surface area contributed by atoms with E-state index in [-0.39, 0.29) is 18.0 Å². The van der Waals surface area contributed by atoms with E-state index in [9.17, 15) is 4.79 Å². The minimum absolute atomic E-state index is 0.0661. The summed E-state index contributed by atoms with van der Waals surface area (Å²) in [6, 6.07) is 5.64. The Morgan fingerprint density at radius 1 is 1.35 bits per heavy atom. The van der Waals surface area contributed by atoms with Crippen LogP contribution in [0.3, 0.4) is 0 Å². The summed E-state index contributed by atoms with van der Waals surface area (Å²) in [5, 5.41) is 4.64. The Morgan fingerprint density at radius 2 is 2.15 bits per heavy atom. The number of aromatic amines is 1. The average Bonchev–Trinajstić information content (AvgIpc) is 2.82. The van der Waals surface area contributed by atoms with Gasteiger partial charge in [-0.2, -0.15) is 0 Å². The van der Waals surface area contributed by atoms with Crippen LogP contribution < -0.4 is 11.1 Å². The molecule has 4 nitrogen and oxygen atoms in total. The summed E-state index contributed by atoms with van der Waals surface area (Å²) < 4.78 is 0. The molecular formula is C15H18ClN3O. The van der Waals surface area contributed by atoms with Crippen molar-refractivity contribution in [2.24, 2.45) is 5.73 Å². The Bertz CT molecular complexity index is 637. The second-order valence-electron chi connectivity index (χ2n) is 5.43. The maximum absolute atomic E-state index is 12.3. The van der Waals surface area contributed by atoms with Crippen molar-refractivity contribution in [3.05, 3.63) is 35.0 Å². The van der Waals surface area contributed by atoms with Gasteiger partial charge >= 0.3 is 0 Å². The van der Waals surface area contributed by atoms with Crippen molar-refractivity contribution >= 4 is 28.4 Å². The predicted molar refractivity (Wildman–Crippen MR) is 81.0 cm³/mol. The van der Waals surface area contributed by atoms with Gasteiger partial charge in [0.15, 0.2) is 0 Å². The van der Waals surface area contributed by atoms with Crippen molar-refractivity contribution in [2.45, 2.75) is 37.8 Å². The first-order chi connectivity index (χ1) is 9.65. The second kappa shape index (κ2) is 5.46. The third-order valence-corrected chi connectivity index (χ3v) is 4.34. The molecule has 3 rings (SSSR count). The zero-order valence-electron chi connectivity index (χ0n) is 11.2. The molecule has 0 unspecified atom stereocenters. The van der Waals surface area contributed by atoms with Gasteiger partial charge < -0.3 is 16.0 Å². The van der Waals surface area contributed by atoms with Gasteiger partial charge in [0.2, 0.25) is 0 Å². The quantitative estimate of drug-likeness (QED) is 0.796. The van der Waals surface area contributed by atoms with Crippen molar-refractivity contribution in [2.75, 3.05) is 0 Å². The molecule has 2 atom stereocenters. The van der Waals surface area contributed by atoms with E-state index >= 15 is 0 Å². The van der Waals surface area contributed by atoms with Crippen molar-refractivity contribution in [3.8, 4) is 0 Å². The predicted octanol–water partition coefficient (Wildman–Crippen LogP) is 2.82. The molecule has 1 heterocycles. The number of carbonyl (C=O) groups is 1. The number of fused-ring (bicyclic) bond motifs is 1. The van der Waals surface area contributed by atoms with Crippen LogP contribution >= 0.6 is 11.6 Å². The van der Waals surface area contributed by atoms with Crippen molar-refractivity contribution in [1.29, 1.82) is 0 Å². The Morgan fingerprint density at radius 3 is 2.95 bits per heavy atom. The van der Waals surface area contributed by atoms with Crippen LogP contribution in [0.15, 0.2) is 24.4 Å². The number of aromatic nitrogens is 1. The van der Waals surface area contributed by atoms with E-state index in [1.165, 1.54) is 0 Å². The van der Waals surface area contributed by atoms with Crippen LogP contribution in [0.1, 0.15) is 36.0 Å². The average molecular weight is 292 g/mol. The minimum Gasteiger partial charge on any atom is -0.360 e. The molecule has 1 aromatic heterocycles. The zero-order chi connectivity index (χ0) is 14.1. The number of hydrogen-bond donors (Lipinski definition) is 3.